The first-order valence-corrected chi connectivity index (χ1v) is 9.97. The van der Waals surface area contributed by atoms with Crippen molar-refractivity contribution in [1.82, 2.24) is 9.80 Å². The molecule has 7 heteroatoms. The number of hydrogen-bond donors (Lipinski definition) is 0. The molecule has 2 heterocycles. The van der Waals surface area contributed by atoms with Gasteiger partial charge in [-0.1, -0.05) is 6.07 Å². The highest BCUT2D eigenvalue weighted by Crippen LogP contribution is 2.23. The summed E-state index contributed by atoms with van der Waals surface area (Å²) in [7, 11) is 1.72. The summed E-state index contributed by atoms with van der Waals surface area (Å²) >= 11 is 0. The van der Waals surface area contributed by atoms with Crippen molar-refractivity contribution in [2.75, 3.05) is 64.4 Å². The molecule has 1 aromatic carbocycles. The Bertz CT molecular complexity index is 587. The Kier molecular flexibility index (Phi) is 11.2. The number of carbonyl (C=O) groups is 1. The predicted octanol–water partition coefficient (Wildman–Crippen LogP) is 3.35. The molecule has 0 saturated carbocycles. The van der Waals surface area contributed by atoms with Crippen molar-refractivity contribution < 1.29 is 9.53 Å². The molecule has 0 atom stereocenters. The molecule has 28 heavy (non-hydrogen) atoms. The van der Waals surface area contributed by atoms with Crippen molar-refractivity contribution in [3.05, 3.63) is 24.3 Å². The number of hydrogen-bond acceptors (Lipinski definition) is 5. The van der Waals surface area contributed by atoms with E-state index in [0.29, 0.717) is 6.54 Å². The number of ketones is 1. The maximum atomic E-state index is 11.2. The van der Waals surface area contributed by atoms with Crippen LogP contribution in [0.4, 0.5) is 5.69 Å². The SMILES string of the molecule is COc1cccc(N2CCN(CCC3CCN(CC(C)=O)CC3)CC2)c1.Cl.Cl. The molecule has 0 radical (unpaired) electrons. The van der Waals surface area contributed by atoms with Gasteiger partial charge in [0.25, 0.3) is 0 Å². The second-order valence-electron chi connectivity index (χ2n) is 7.74. The Morgan fingerprint density at radius 1 is 1.04 bits per heavy atom. The zero-order chi connectivity index (χ0) is 18.4. The molecule has 0 unspecified atom stereocenters. The van der Waals surface area contributed by atoms with E-state index in [1.54, 1.807) is 14.0 Å². The van der Waals surface area contributed by atoms with Crippen LogP contribution in [-0.2, 0) is 4.79 Å². The lowest BCUT2D eigenvalue weighted by atomic mass is 9.93. The summed E-state index contributed by atoms with van der Waals surface area (Å²) in [6.45, 7) is 10.2. The lowest BCUT2D eigenvalue weighted by Gasteiger charge is -2.37. The van der Waals surface area contributed by atoms with Gasteiger partial charge < -0.3 is 9.64 Å². The van der Waals surface area contributed by atoms with E-state index in [9.17, 15) is 4.79 Å². The van der Waals surface area contributed by atoms with E-state index in [0.717, 1.165) is 50.9 Å². The highest BCUT2D eigenvalue weighted by molar-refractivity contribution is 5.85. The first-order valence-electron chi connectivity index (χ1n) is 9.97. The van der Waals surface area contributed by atoms with E-state index in [4.69, 9.17) is 4.74 Å². The molecule has 0 N–H and O–H groups in total. The lowest BCUT2D eigenvalue weighted by Crippen LogP contribution is -2.47. The fraction of sp³-hybridized carbons (Fsp3) is 0.667. The summed E-state index contributed by atoms with van der Waals surface area (Å²) in [4.78, 5) is 18.6. The van der Waals surface area contributed by atoms with Crippen LogP contribution in [0.5, 0.6) is 5.75 Å². The summed E-state index contributed by atoms with van der Waals surface area (Å²) < 4.78 is 5.34. The maximum absolute atomic E-state index is 11.2. The zero-order valence-corrected chi connectivity index (χ0v) is 18.8. The van der Waals surface area contributed by atoms with Crippen molar-refractivity contribution in [2.24, 2.45) is 5.92 Å². The Morgan fingerprint density at radius 3 is 2.32 bits per heavy atom. The summed E-state index contributed by atoms with van der Waals surface area (Å²) in [5.41, 5.74) is 1.27. The van der Waals surface area contributed by atoms with Gasteiger partial charge in [-0.3, -0.25) is 14.6 Å². The second kappa shape index (κ2) is 12.5. The fourth-order valence-corrected chi connectivity index (χ4v) is 4.15. The molecule has 0 amide bonds. The van der Waals surface area contributed by atoms with Gasteiger partial charge in [0.15, 0.2) is 0 Å². The van der Waals surface area contributed by atoms with Gasteiger partial charge in [-0.2, -0.15) is 0 Å². The summed E-state index contributed by atoms with van der Waals surface area (Å²) in [5.74, 6) is 2.05. The number of rotatable bonds is 7. The molecule has 2 aliphatic rings. The van der Waals surface area contributed by atoms with Crippen molar-refractivity contribution in [2.45, 2.75) is 26.2 Å². The van der Waals surface area contributed by atoms with Crippen LogP contribution < -0.4 is 9.64 Å². The normalized spacial score (nSPS) is 18.9. The predicted molar refractivity (Wildman–Crippen MR) is 121 cm³/mol. The maximum Gasteiger partial charge on any atom is 0.143 e. The zero-order valence-electron chi connectivity index (χ0n) is 17.1. The molecule has 0 spiro atoms. The lowest BCUT2D eigenvalue weighted by molar-refractivity contribution is -0.118. The minimum atomic E-state index is 0. The van der Waals surface area contributed by atoms with Crippen molar-refractivity contribution in [3.8, 4) is 5.75 Å². The minimum Gasteiger partial charge on any atom is -0.497 e. The minimum absolute atomic E-state index is 0. The van der Waals surface area contributed by atoms with Crippen molar-refractivity contribution in [3.63, 3.8) is 0 Å². The number of anilines is 1. The number of ether oxygens (including phenoxy) is 1. The smallest absolute Gasteiger partial charge is 0.143 e. The third kappa shape index (κ3) is 7.43. The number of piperidine rings is 1. The van der Waals surface area contributed by atoms with Gasteiger partial charge in [-0.25, -0.2) is 0 Å². The van der Waals surface area contributed by atoms with E-state index in [-0.39, 0.29) is 30.6 Å². The van der Waals surface area contributed by atoms with E-state index >= 15 is 0 Å². The third-order valence-corrected chi connectivity index (χ3v) is 5.80. The quantitative estimate of drug-likeness (QED) is 0.661. The van der Waals surface area contributed by atoms with Crippen LogP contribution in [0.25, 0.3) is 0 Å². The van der Waals surface area contributed by atoms with Crippen LogP contribution >= 0.6 is 24.8 Å². The molecule has 3 rings (SSSR count). The van der Waals surface area contributed by atoms with Gasteiger partial charge >= 0.3 is 0 Å². The van der Waals surface area contributed by atoms with E-state index in [2.05, 4.69) is 32.9 Å². The number of benzene rings is 1. The number of nitrogens with zero attached hydrogens (tertiary/aromatic N) is 3. The number of methoxy groups -OCH3 is 1. The molecular weight excluding hydrogens is 397 g/mol. The van der Waals surface area contributed by atoms with E-state index in [1.807, 2.05) is 6.07 Å². The number of likely N-dealkylation sites (tertiary alicyclic amines) is 1. The average molecular weight is 432 g/mol. The van der Waals surface area contributed by atoms with Gasteiger partial charge in [0, 0.05) is 37.9 Å². The first kappa shape index (κ1) is 25.0. The molecule has 160 valence electrons. The van der Waals surface area contributed by atoms with Crippen LogP contribution in [0.3, 0.4) is 0 Å². The fourth-order valence-electron chi connectivity index (χ4n) is 4.15. The molecule has 2 aliphatic heterocycles. The highest BCUT2D eigenvalue weighted by atomic mass is 35.5. The molecule has 0 aliphatic carbocycles. The van der Waals surface area contributed by atoms with Crippen LogP contribution in [0.2, 0.25) is 0 Å². The largest absolute Gasteiger partial charge is 0.497 e. The van der Waals surface area contributed by atoms with Gasteiger partial charge in [0.05, 0.1) is 13.7 Å². The first-order chi connectivity index (χ1) is 12.6. The van der Waals surface area contributed by atoms with Gasteiger partial charge in [0.2, 0.25) is 0 Å². The Balaban J connectivity index is 0.00000196. The molecule has 2 fully saturated rings. The summed E-state index contributed by atoms with van der Waals surface area (Å²) in [6, 6.07) is 8.37. The Morgan fingerprint density at radius 2 is 1.71 bits per heavy atom. The number of halogens is 2. The van der Waals surface area contributed by atoms with Crippen molar-refractivity contribution in [1.29, 1.82) is 0 Å². The molecule has 5 nitrogen and oxygen atoms in total. The monoisotopic (exact) mass is 431 g/mol. The molecule has 1 aromatic rings. The second-order valence-corrected chi connectivity index (χ2v) is 7.74. The molecule has 0 aromatic heterocycles. The summed E-state index contributed by atoms with van der Waals surface area (Å²) in [6.07, 6.45) is 3.79. The van der Waals surface area contributed by atoms with Crippen LogP contribution in [-0.4, -0.2) is 75.1 Å². The number of Topliss-reactive ketones (excluding diaryl/α,β-unsaturated/α-hetero) is 1. The van der Waals surface area contributed by atoms with Crippen molar-refractivity contribution >= 4 is 36.3 Å². The van der Waals surface area contributed by atoms with E-state index < -0.39 is 0 Å². The molecule has 0 bridgehead atoms. The van der Waals surface area contributed by atoms with Gasteiger partial charge in [-0.15, -0.1) is 24.8 Å². The van der Waals surface area contributed by atoms with Crippen LogP contribution in [0.1, 0.15) is 26.2 Å². The Hall–Kier alpha value is -1.01. The topological polar surface area (TPSA) is 36.0 Å². The molecular formula is C21H35Cl2N3O2. The number of piperazine rings is 1. The van der Waals surface area contributed by atoms with Gasteiger partial charge in [0.1, 0.15) is 11.5 Å². The van der Waals surface area contributed by atoms with Crippen LogP contribution in [0, 0.1) is 5.92 Å². The average Bonchev–Trinajstić information content (AvgIpc) is 2.67. The van der Waals surface area contributed by atoms with Gasteiger partial charge in [-0.05, 0) is 63.9 Å². The highest BCUT2D eigenvalue weighted by Gasteiger charge is 2.22. The third-order valence-electron chi connectivity index (χ3n) is 5.80. The molecule has 2 saturated heterocycles. The van der Waals surface area contributed by atoms with E-state index in [1.165, 1.54) is 31.5 Å². The number of carbonyl (C=O) groups excluding carboxylic acids is 1. The summed E-state index contributed by atoms with van der Waals surface area (Å²) in [5, 5.41) is 0. The Labute approximate surface area is 182 Å². The standard InChI is InChI=1S/C21H33N3O2.2ClH/c1-18(25)17-23-10-7-19(8-11-23)6-9-22-12-14-24(15-13-22)20-4-3-5-21(16-20)26-2;;/h3-5,16,19H,6-15,17H2,1-2H3;2*1H. The van der Waals surface area contributed by atoms with Crippen LogP contribution in [0.15, 0.2) is 24.3 Å².